The predicted octanol–water partition coefficient (Wildman–Crippen LogP) is 4.03. The molecule has 0 fully saturated rings. The molecule has 2 aromatic heterocycles. The summed E-state index contributed by atoms with van der Waals surface area (Å²) in [7, 11) is 1.31. The van der Waals surface area contributed by atoms with Gasteiger partial charge in [-0.25, -0.2) is 18.2 Å². The Bertz CT molecular complexity index is 1020. The number of hydrogen-bond donors (Lipinski definition) is 0. The van der Waals surface area contributed by atoms with Crippen molar-refractivity contribution >= 4 is 27.5 Å². The largest absolute Gasteiger partial charge is 0.469 e. The van der Waals surface area contributed by atoms with Gasteiger partial charge < -0.3 is 4.74 Å². The maximum atomic E-state index is 13.9. The van der Waals surface area contributed by atoms with Gasteiger partial charge in [0.15, 0.2) is 11.6 Å². The van der Waals surface area contributed by atoms with Gasteiger partial charge in [-0.3, -0.25) is 9.78 Å². The second-order valence-electron chi connectivity index (χ2n) is 5.85. The zero-order valence-electron chi connectivity index (χ0n) is 14.3. The molecule has 4 nitrogen and oxygen atoms in total. The highest BCUT2D eigenvalue weighted by Gasteiger charge is 2.18. The lowest BCUT2D eigenvalue weighted by atomic mass is 10.0. The Labute approximate surface area is 151 Å². The molecule has 0 amide bonds. The quantitative estimate of drug-likeness (QED) is 0.507. The van der Waals surface area contributed by atoms with E-state index in [1.165, 1.54) is 7.11 Å². The van der Waals surface area contributed by atoms with E-state index in [9.17, 15) is 18.0 Å². The molecule has 0 aliphatic carbocycles. The van der Waals surface area contributed by atoms with E-state index < -0.39 is 17.5 Å². The number of rotatable bonds is 4. The highest BCUT2D eigenvalue weighted by molar-refractivity contribution is 7.18. The number of fused-ring (bicyclic) bond motifs is 1. The molecule has 0 unspecified atom stereocenters. The molecule has 2 heterocycles. The Kier molecular flexibility index (Phi) is 4.95. The first-order chi connectivity index (χ1) is 12.3. The molecule has 0 bridgehead atoms. The molecular weight excluding hydrogens is 365 g/mol. The molecule has 1 aromatic carbocycles. The maximum absolute atomic E-state index is 13.9. The first-order valence-corrected chi connectivity index (χ1v) is 8.57. The second kappa shape index (κ2) is 7.03. The van der Waals surface area contributed by atoms with Crippen LogP contribution in [0.25, 0.3) is 10.2 Å². The minimum absolute atomic E-state index is 0.0218. The summed E-state index contributed by atoms with van der Waals surface area (Å²) in [5.74, 6) is -3.65. The number of ether oxygens (including phenoxy) is 1. The fourth-order valence-electron chi connectivity index (χ4n) is 2.67. The predicted molar refractivity (Wildman–Crippen MR) is 91.7 cm³/mol. The van der Waals surface area contributed by atoms with Crippen molar-refractivity contribution < 1.29 is 22.7 Å². The number of hydrogen-bond acceptors (Lipinski definition) is 5. The van der Waals surface area contributed by atoms with E-state index >= 15 is 0 Å². The summed E-state index contributed by atoms with van der Waals surface area (Å²) in [6.07, 6.45) is 0.351. The van der Waals surface area contributed by atoms with Crippen LogP contribution in [-0.4, -0.2) is 23.0 Å². The second-order valence-corrected chi connectivity index (χ2v) is 6.93. The number of methoxy groups -OCH3 is 1. The summed E-state index contributed by atoms with van der Waals surface area (Å²) >= 11 is 0.967. The van der Waals surface area contributed by atoms with Crippen molar-refractivity contribution in [1.29, 1.82) is 0 Å². The van der Waals surface area contributed by atoms with Gasteiger partial charge in [0, 0.05) is 23.9 Å². The normalized spacial score (nSPS) is 11.2. The van der Waals surface area contributed by atoms with Crippen molar-refractivity contribution in [3.8, 4) is 0 Å². The summed E-state index contributed by atoms with van der Waals surface area (Å²) in [6, 6.07) is 2.33. The molecule has 0 saturated carbocycles. The summed E-state index contributed by atoms with van der Waals surface area (Å²) in [6.45, 7) is 3.60. The summed E-state index contributed by atoms with van der Waals surface area (Å²) in [5, 5.41) is 0.432. The van der Waals surface area contributed by atoms with Gasteiger partial charge in [0.2, 0.25) is 0 Å². The third-order valence-corrected chi connectivity index (χ3v) is 5.14. The molecule has 0 atom stereocenters. The fraction of sp³-hybridized carbons (Fsp3) is 0.278. The Morgan fingerprint density at radius 1 is 1.08 bits per heavy atom. The number of benzene rings is 1. The van der Waals surface area contributed by atoms with E-state index in [1.54, 1.807) is 13.8 Å². The minimum Gasteiger partial charge on any atom is -0.469 e. The number of aryl methyl sites for hydroxylation is 2. The first-order valence-electron chi connectivity index (χ1n) is 7.76. The van der Waals surface area contributed by atoms with Gasteiger partial charge in [-0.2, -0.15) is 0 Å². The fourth-order valence-corrected chi connectivity index (χ4v) is 3.66. The number of thiazole rings is 1. The van der Waals surface area contributed by atoms with Crippen LogP contribution in [0, 0.1) is 31.3 Å². The van der Waals surface area contributed by atoms with E-state index in [4.69, 9.17) is 0 Å². The molecule has 0 radical (unpaired) electrons. The Morgan fingerprint density at radius 2 is 1.77 bits per heavy atom. The van der Waals surface area contributed by atoms with Crippen LogP contribution < -0.4 is 0 Å². The lowest BCUT2D eigenvalue weighted by Crippen LogP contribution is -2.09. The molecule has 0 N–H and O–H groups in total. The topological polar surface area (TPSA) is 52.1 Å². The first kappa shape index (κ1) is 18.3. The molecule has 0 saturated heterocycles. The number of carbonyl (C=O) groups is 1. The molecule has 136 valence electrons. The Balaban J connectivity index is 1.99. The van der Waals surface area contributed by atoms with Crippen LogP contribution in [0.3, 0.4) is 0 Å². The number of carbonyl (C=O) groups excluding carboxylic acids is 1. The maximum Gasteiger partial charge on any atom is 0.310 e. The zero-order valence-corrected chi connectivity index (χ0v) is 15.1. The van der Waals surface area contributed by atoms with E-state index in [2.05, 4.69) is 14.7 Å². The van der Waals surface area contributed by atoms with Crippen LogP contribution in [0.4, 0.5) is 13.2 Å². The van der Waals surface area contributed by atoms with Crippen molar-refractivity contribution in [3.05, 3.63) is 57.1 Å². The summed E-state index contributed by atoms with van der Waals surface area (Å²) in [4.78, 5) is 20.0. The molecule has 3 aromatic rings. The van der Waals surface area contributed by atoms with Crippen LogP contribution in [0.15, 0.2) is 12.1 Å². The van der Waals surface area contributed by atoms with Crippen LogP contribution in [0.1, 0.15) is 27.5 Å². The van der Waals surface area contributed by atoms with Crippen LogP contribution in [0.5, 0.6) is 0 Å². The highest BCUT2D eigenvalue weighted by Crippen LogP contribution is 2.30. The molecule has 8 heteroatoms. The van der Waals surface area contributed by atoms with Crippen LogP contribution in [0.2, 0.25) is 0 Å². The van der Waals surface area contributed by atoms with Gasteiger partial charge in [-0.05, 0) is 25.0 Å². The van der Waals surface area contributed by atoms with Gasteiger partial charge in [-0.1, -0.05) is 6.07 Å². The van der Waals surface area contributed by atoms with Crippen molar-refractivity contribution in [2.45, 2.75) is 26.7 Å². The van der Waals surface area contributed by atoms with E-state index in [0.717, 1.165) is 22.6 Å². The number of halogens is 3. The van der Waals surface area contributed by atoms with Gasteiger partial charge >= 0.3 is 5.97 Å². The van der Waals surface area contributed by atoms with Gasteiger partial charge in [-0.15, -0.1) is 11.3 Å². The summed E-state index contributed by atoms with van der Waals surface area (Å²) in [5.41, 5.74) is 2.61. The van der Waals surface area contributed by atoms with Crippen molar-refractivity contribution in [3.63, 3.8) is 0 Å². The Hall–Kier alpha value is -2.48. The lowest BCUT2D eigenvalue weighted by molar-refractivity contribution is -0.139. The number of esters is 1. The van der Waals surface area contributed by atoms with Crippen molar-refractivity contribution in [2.24, 2.45) is 0 Å². The molecule has 3 rings (SSSR count). The molecular formula is C18H15F3N2O2S. The van der Waals surface area contributed by atoms with E-state index in [-0.39, 0.29) is 29.0 Å². The third kappa shape index (κ3) is 3.41. The smallest absolute Gasteiger partial charge is 0.310 e. The third-order valence-electron chi connectivity index (χ3n) is 4.08. The average molecular weight is 380 g/mol. The number of nitrogens with zero attached hydrogens (tertiary/aromatic N) is 2. The number of aromatic nitrogens is 2. The molecule has 0 spiro atoms. The van der Waals surface area contributed by atoms with Crippen molar-refractivity contribution in [2.75, 3.05) is 7.11 Å². The van der Waals surface area contributed by atoms with Gasteiger partial charge in [0.25, 0.3) is 0 Å². The molecule has 0 aliphatic rings. The summed E-state index contributed by atoms with van der Waals surface area (Å²) < 4.78 is 45.7. The Morgan fingerprint density at radius 3 is 2.46 bits per heavy atom. The standard InChI is InChI=1S/C18H15F3N2O2S/c1-8-10(4-11(9(2)22-8)6-15(24)25-3)5-14-23-17-16(21)12(19)7-13(20)18(17)26-14/h4,7H,5-6H2,1-3H3. The monoisotopic (exact) mass is 380 g/mol. The van der Waals surface area contributed by atoms with E-state index in [0.29, 0.717) is 22.3 Å². The van der Waals surface area contributed by atoms with Crippen molar-refractivity contribution in [1.82, 2.24) is 9.97 Å². The lowest BCUT2D eigenvalue weighted by Gasteiger charge is -2.10. The highest BCUT2D eigenvalue weighted by atomic mass is 32.1. The van der Waals surface area contributed by atoms with Crippen LogP contribution >= 0.6 is 11.3 Å². The van der Waals surface area contributed by atoms with Crippen LogP contribution in [-0.2, 0) is 22.4 Å². The molecule has 26 heavy (non-hydrogen) atoms. The zero-order chi connectivity index (χ0) is 19.0. The number of pyridine rings is 1. The minimum atomic E-state index is -1.26. The molecule has 0 aliphatic heterocycles. The van der Waals surface area contributed by atoms with Gasteiger partial charge in [0.1, 0.15) is 11.3 Å². The average Bonchev–Trinajstić information content (AvgIpc) is 3.01. The SMILES string of the molecule is COC(=O)Cc1cc(Cc2nc3c(F)c(F)cc(F)c3s2)c(C)nc1C. The van der Waals surface area contributed by atoms with Gasteiger partial charge in [0.05, 0.1) is 23.2 Å². The van der Waals surface area contributed by atoms with E-state index in [1.807, 2.05) is 6.07 Å².